The summed E-state index contributed by atoms with van der Waals surface area (Å²) < 4.78 is 10.8. The van der Waals surface area contributed by atoms with Crippen molar-refractivity contribution in [3.63, 3.8) is 0 Å². The Hall–Kier alpha value is -3.05. The molecule has 0 saturated carbocycles. The minimum atomic E-state index is -0.115. The van der Waals surface area contributed by atoms with Crippen LogP contribution in [0.4, 0.5) is 0 Å². The van der Waals surface area contributed by atoms with Crippen LogP contribution in [0.2, 0.25) is 0 Å². The summed E-state index contributed by atoms with van der Waals surface area (Å²) in [7, 11) is 1.65. The average molecular weight is 419 g/mol. The number of amides is 1. The zero-order valence-electron chi connectivity index (χ0n) is 18.0. The lowest BCUT2D eigenvalue weighted by Gasteiger charge is -2.32. The first-order valence-electron chi connectivity index (χ1n) is 11.0. The van der Waals surface area contributed by atoms with E-state index < -0.39 is 0 Å². The van der Waals surface area contributed by atoms with Crippen molar-refractivity contribution in [3.05, 3.63) is 89.4 Å². The fraction of sp³-hybridized carbons (Fsp3) is 0.346. The summed E-state index contributed by atoms with van der Waals surface area (Å²) in [5.41, 5.74) is 3.39. The van der Waals surface area contributed by atoms with Crippen LogP contribution in [0, 0.1) is 0 Å². The topological polar surface area (TPSA) is 54.7 Å². The van der Waals surface area contributed by atoms with E-state index in [0.29, 0.717) is 12.2 Å². The molecule has 0 atom stereocenters. The monoisotopic (exact) mass is 418 g/mol. The third-order valence-electron chi connectivity index (χ3n) is 5.99. The highest BCUT2D eigenvalue weighted by molar-refractivity contribution is 5.93. The second-order valence-electron chi connectivity index (χ2n) is 8.12. The summed E-state index contributed by atoms with van der Waals surface area (Å²) in [4.78, 5) is 15.3. The molecule has 2 heterocycles. The molecule has 1 N–H and O–H groups in total. The summed E-state index contributed by atoms with van der Waals surface area (Å²) in [5, 5.41) is 3.18. The molecule has 5 heteroatoms. The van der Waals surface area contributed by atoms with E-state index in [1.54, 1.807) is 13.4 Å². The van der Waals surface area contributed by atoms with Gasteiger partial charge in [-0.2, -0.15) is 0 Å². The van der Waals surface area contributed by atoms with Crippen LogP contribution in [-0.4, -0.2) is 43.6 Å². The molecule has 1 aliphatic rings. The molecule has 0 spiro atoms. The van der Waals surface area contributed by atoms with E-state index in [4.69, 9.17) is 9.15 Å². The lowest BCUT2D eigenvalue weighted by atomic mass is 10.0. The lowest BCUT2D eigenvalue weighted by Crippen LogP contribution is -2.45. The number of rotatable bonds is 8. The number of carbonyl (C=O) groups excluding carboxylic acids is 1. The number of methoxy groups -OCH3 is 1. The van der Waals surface area contributed by atoms with Crippen LogP contribution < -0.4 is 10.1 Å². The molecular formula is C26H30N2O3. The van der Waals surface area contributed by atoms with Crippen LogP contribution in [-0.2, 0) is 12.8 Å². The van der Waals surface area contributed by atoms with Crippen molar-refractivity contribution in [3.8, 4) is 5.75 Å². The van der Waals surface area contributed by atoms with Crippen LogP contribution in [0.25, 0.3) is 0 Å². The van der Waals surface area contributed by atoms with Gasteiger partial charge in [0.1, 0.15) is 5.75 Å². The van der Waals surface area contributed by atoms with Gasteiger partial charge in [0.15, 0.2) is 5.76 Å². The largest absolute Gasteiger partial charge is 0.497 e. The van der Waals surface area contributed by atoms with Gasteiger partial charge >= 0.3 is 0 Å². The van der Waals surface area contributed by atoms with Crippen molar-refractivity contribution >= 4 is 5.91 Å². The van der Waals surface area contributed by atoms with E-state index in [0.717, 1.165) is 55.8 Å². The number of likely N-dealkylation sites (tertiary alicyclic amines) is 1. The van der Waals surface area contributed by atoms with Crippen LogP contribution in [0.15, 0.2) is 71.3 Å². The quantitative estimate of drug-likeness (QED) is 0.592. The Morgan fingerprint density at radius 2 is 1.77 bits per heavy atom. The maximum Gasteiger partial charge on any atom is 0.287 e. The molecule has 1 amide bonds. The number of furan rings is 1. The molecule has 2 aromatic carbocycles. The van der Waals surface area contributed by atoms with Crippen LogP contribution in [0.3, 0.4) is 0 Å². The van der Waals surface area contributed by atoms with Gasteiger partial charge in [-0.05, 0) is 48.6 Å². The molecule has 3 aromatic rings. The lowest BCUT2D eigenvalue weighted by molar-refractivity contribution is 0.0882. The van der Waals surface area contributed by atoms with Gasteiger partial charge in [-0.15, -0.1) is 0 Å². The molecule has 1 aromatic heterocycles. The van der Waals surface area contributed by atoms with Crippen molar-refractivity contribution in [2.24, 2.45) is 0 Å². The maximum absolute atomic E-state index is 12.8. The van der Waals surface area contributed by atoms with E-state index >= 15 is 0 Å². The number of carbonyl (C=O) groups is 1. The SMILES string of the molecule is COc1ccc(Cc2ccoc2C(=O)NC2CCN(CCc3ccccc3)CC2)cc1. The fourth-order valence-electron chi connectivity index (χ4n) is 4.12. The molecule has 1 aliphatic heterocycles. The van der Waals surface area contributed by atoms with Crippen LogP contribution >= 0.6 is 0 Å². The summed E-state index contributed by atoms with van der Waals surface area (Å²) in [6, 6.07) is 20.6. The van der Waals surface area contributed by atoms with E-state index in [2.05, 4.69) is 40.5 Å². The van der Waals surface area contributed by atoms with E-state index in [1.165, 1.54) is 5.56 Å². The molecule has 1 saturated heterocycles. The zero-order valence-corrected chi connectivity index (χ0v) is 18.0. The zero-order chi connectivity index (χ0) is 21.5. The Balaban J connectivity index is 1.26. The first-order chi connectivity index (χ1) is 15.2. The van der Waals surface area contributed by atoms with Crippen molar-refractivity contribution in [1.82, 2.24) is 10.2 Å². The third kappa shape index (κ3) is 5.76. The van der Waals surface area contributed by atoms with E-state index in [1.807, 2.05) is 30.3 Å². The van der Waals surface area contributed by atoms with Crippen molar-refractivity contribution < 1.29 is 13.9 Å². The Bertz CT molecular complexity index is 958. The van der Waals surface area contributed by atoms with Gasteiger partial charge in [-0.3, -0.25) is 4.79 Å². The van der Waals surface area contributed by atoms with Gasteiger partial charge in [0.2, 0.25) is 0 Å². The second-order valence-corrected chi connectivity index (χ2v) is 8.12. The van der Waals surface area contributed by atoms with E-state index in [9.17, 15) is 4.79 Å². The Kier molecular flexibility index (Phi) is 7.05. The third-order valence-corrected chi connectivity index (χ3v) is 5.99. The molecule has 0 radical (unpaired) electrons. The Morgan fingerprint density at radius 3 is 2.48 bits per heavy atom. The first kappa shape index (κ1) is 21.2. The Morgan fingerprint density at radius 1 is 1.03 bits per heavy atom. The first-order valence-corrected chi connectivity index (χ1v) is 11.0. The van der Waals surface area contributed by atoms with Gasteiger partial charge in [-0.1, -0.05) is 42.5 Å². The predicted molar refractivity (Wildman–Crippen MR) is 122 cm³/mol. The number of hydrogen-bond donors (Lipinski definition) is 1. The highest BCUT2D eigenvalue weighted by atomic mass is 16.5. The van der Waals surface area contributed by atoms with Crippen molar-refractivity contribution in [2.45, 2.75) is 31.7 Å². The Labute approximate surface area is 184 Å². The molecule has 5 nitrogen and oxygen atoms in total. The van der Waals surface area contributed by atoms with Crippen molar-refractivity contribution in [2.75, 3.05) is 26.7 Å². The summed E-state index contributed by atoms with van der Waals surface area (Å²) in [6.45, 7) is 3.08. The standard InChI is InChI=1S/C26H30N2O3/c1-30-24-9-7-21(8-10-24)19-22-14-18-31-25(22)26(29)27-23-12-16-28(17-13-23)15-11-20-5-3-2-4-6-20/h2-10,14,18,23H,11-13,15-17,19H2,1H3,(H,27,29). The number of hydrogen-bond acceptors (Lipinski definition) is 4. The van der Waals surface area contributed by atoms with Crippen LogP contribution in [0.1, 0.15) is 40.1 Å². The molecule has 0 unspecified atom stereocenters. The number of nitrogens with zero attached hydrogens (tertiary/aromatic N) is 1. The van der Waals surface area contributed by atoms with E-state index in [-0.39, 0.29) is 11.9 Å². The fourth-order valence-corrected chi connectivity index (χ4v) is 4.12. The molecule has 0 aliphatic carbocycles. The minimum absolute atomic E-state index is 0.115. The van der Waals surface area contributed by atoms with Gasteiger partial charge in [0, 0.05) is 37.7 Å². The highest BCUT2D eigenvalue weighted by Crippen LogP contribution is 2.19. The van der Waals surface area contributed by atoms with Gasteiger partial charge in [-0.25, -0.2) is 0 Å². The number of ether oxygens (including phenoxy) is 1. The van der Waals surface area contributed by atoms with Crippen LogP contribution in [0.5, 0.6) is 5.75 Å². The van der Waals surface area contributed by atoms with Gasteiger partial charge < -0.3 is 19.4 Å². The number of nitrogens with one attached hydrogen (secondary N) is 1. The predicted octanol–water partition coefficient (Wildman–Crippen LogP) is 4.32. The highest BCUT2D eigenvalue weighted by Gasteiger charge is 2.23. The molecule has 1 fully saturated rings. The summed E-state index contributed by atoms with van der Waals surface area (Å²) in [6.07, 6.45) is 5.25. The molecule has 0 bridgehead atoms. The molecule has 162 valence electrons. The van der Waals surface area contributed by atoms with Crippen molar-refractivity contribution in [1.29, 1.82) is 0 Å². The summed E-state index contributed by atoms with van der Waals surface area (Å²) >= 11 is 0. The summed E-state index contributed by atoms with van der Waals surface area (Å²) in [5.74, 6) is 1.13. The smallest absolute Gasteiger partial charge is 0.287 e. The average Bonchev–Trinajstić information content (AvgIpc) is 3.28. The normalized spacial score (nSPS) is 15.0. The number of benzene rings is 2. The van der Waals surface area contributed by atoms with Gasteiger partial charge in [0.05, 0.1) is 13.4 Å². The van der Waals surface area contributed by atoms with Gasteiger partial charge in [0.25, 0.3) is 5.91 Å². The molecule has 31 heavy (non-hydrogen) atoms. The molecule has 4 rings (SSSR count). The number of piperidine rings is 1. The second kappa shape index (κ2) is 10.3. The minimum Gasteiger partial charge on any atom is -0.497 e. The molecular weight excluding hydrogens is 388 g/mol. The maximum atomic E-state index is 12.8.